The van der Waals surface area contributed by atoms with E-state index in [1.54, 1.807) is 46.8 Å². The van der Waals surface area contributed by atoms with Crippen molar-refractivity contribution in [2.75, 3.05) is 26.2 Å². The van der Waals surface area contributed by atoms with E-state index >= 15 is 0 Å². The average Bonchev–Trinajstić information content (AvgIpc) is 3.00. The fourth-order valence-corrected chi connectivity index (χ4v) is 5.14. The number of carbonyl (C=O) groups excluding carboxylic acids is 1. The fraction of sp³-hybridized carbons (Fsp3) is 0.333. The minimum atomic E-state index is -3.46. The maximum atomic E-state index is 12.6. The number of thiophene rings is 1. The molecule has 0 radical (unpaired) electrons. The lowest BCUT2D eigenvalue weighted by atomic mass is 10.3. The first-order chi connectivity index (χ1) is 11.1. The molecule has 23 heavy (non-hydrogen) atoms. The molecular formula is C15H17N3O3S2. The van der Waals surface area contributed by atoms with Crippen LogP contribution in [0, 0.1) is 0 Å². The maximum absolute atomic E-state index is 12.6. The van der Waals surface area contributed by atoms with E-state index in [-0.39, 0.29) is 5.91 Å². The Hall–Kier alpha value is -1.77. The lowest BCUT2D eigenvalue weighted by molar-refractivity contribution is 0.0758. The molecule has 1 aliphatic heterocycles. The minimum Gasteiger partial charge on any atom is -0.336 e. The molecule has 1 amide bonds. The van der Waals surface area contributed by atoms with Crippen LogP contribution >= 0.6 is 11.3 Å². The molecule has 1 fully saturated rings. The van der Waals surface area contributed by atoms with Crippen molar-refractivity contribution in [3.63, 3.8) is 0 Å². The summed E-state index contributed by atoms with van der Waals surface area (Å²) in [6, 6.07) is 8.54. The van der Waals surface area contributed by atoms with Crippen LogP contribution in [0.2, 0.25) is 0 Å². The summed E-state index contributed by atoms with van der Waals surface area (Å²) in [6.45, 7) is 1.64. The third-order valence-electron chi connectivity index (χ3n) is 3.72. The highest BCUT2D eigenvalue weighted by molar-refractivity contribution is 7.91. The zero-order valence-electron chi connectivity index (χ0n) is 12.5. The summed E-state index contributed by atoms with van der Waals surface area (Å²) in [5.74, 6) is -0.152. The third-order valence-corrected chi connectivity index (χ3v) is 6.99. The quantitative estimate of drug-likeness (QED) is 0.844. The molecule has 0 aliphatic carbocycles. The highest BCUT2D eigenvalue weighted by atomic mass is 32.2. The highest BCUT2D eigenvalue weighted by Crippen LogP contribution is 2.22. The number of sulfonamides is 1. The van der Waals surface area contributed by atoms with E-state index in [0.29, 0.717) is 42.5 Å². The number of carbonyl (C=O) groups is 1. The highest BCUT2D eigenvalue weighted by Gasteiger charge is 2.29. The van der Waals surface area contributed by atoms with E-state index in [2.05, 4.69) is 4.98 Å². The van der Waals surface area contributed by atoms with Crippen LogP contribution in [-0.4, -0.2) is 54.7 Å². The number of hydrogen-bond donors (Lipinski definition) is 0. The monoisotopic (exact) mass is 351 g/mol. The molecule has 0 unspecified atom stereocenters. The lowest BCUT2D eigenvalue weighted by Gasteiger charge is -2.21. The molecular weight excluding hydrogens is 334 g/mol. The number of hydrogen-bond acceptors (Lipinski definition) is 5. The molecule has 1 saturated heterocycles. The van der Waals surface area contributed by atoms with Gasteiger partial charge in [0.25, 0.3) is 15.9 Å². The molecule has 1 aliphatic rings. The summed E-state index contributed by atoms with van der Waals surface area (Å²) in [4.78, 5) is 18.2. The summed E-state index contributed by atoms with van der Waals surface area (Å²) >= 11 is 1.21. The Morgan fingerprint density at radius 1 is 1.09 bits per heavy atom. The van der Waals surface area contributed by atoms with Crippen molar-refractivity contribution in [3.05, 3.63) is 47.6 Å². The van der Waals surface area contributed by atoms with Crippen molar-refractivity contribution in [1.29, 1.82) is 0 Å². The van der Waals surface area contributed by atoms with Crippen LogP contribution in [0.1, 0.15) is 16.9 Å². The van der Waals surface area contributed by atoms with E-state index in [4.69, 9.17) is 0 Å². The predicted octanol–water partition coefficient (Wildman–Crippen LogP) is 1.68. The Kier molecular flexibility index (Phi) is 4.74. The van der Waals surface area contributed by atoms with Gasteiger partial charge in [-0.2, -0.15) is 4.31 Å². The van der Waals surface area contributed by atoms with Crippen molar-refractivity contribution in [2.24, 2.45) is 0 Å². The Labute approximate surface area is 139 Å². The molecule has 0 atom stereocenters. The van der Waals surface area contributed by atoms with Gasteiger partial charge in [-0.3, -0.25) is 9.78 Å². The molecule has 0 bridgehead atoms. The second kappa shape index (κ2) is 6.77. The molecule has 2 aromatic rings. The largest absolute Gasteiger partial charge is 0.336 e. The molecule has 6 nitrogen and oxygen atoms in total. The topological polar surface area (TPSA) is 70.6 Å². The van der Waals surface area contributed by atoms with E-state index < -0.39 is 10.0 Å². The maximum Gasteiger partial charge on any atom is 0.272 e. The normalized spacial score (nSPS) is 17.0. The van der Waals surface area contributed by atoms with Crippen molar-refractivity contribution in [1.82, 2.24) is 14.2 Å². The van der Waals surface area contributed by atoms with Crippen LogP contribution in [0.25, 0.3) is 0 Å². The SMILES string of the molecule is O=C(c1ccccn1)N1CCCN(S(=O)(=O)c2cccs2)CC1. The average molecular weight is 351 g/mol. The Bertz CT molecular complexity index is 761. The minimum absolute atomic E-state index is 0.152. The molecule has 3 rings (SSSR count). The van der Waals surface area contributed by atoms with Gasteiger partial charge in [0.2, 0.25) is 0 Å². The van der Waals surface area contributed by atoms with Gasteiger partial charge in [-0.25, -0.2) is 8.42 Å². The van der Waals surface area contributed by atoms with E-state index in [9.17, 15) is 13.2 Å². The molecule has 122 valence electrons. The Balaban J connectivity index is 1.72. The van der Waals surface area contributed by atoms with Crippen molar-refractivity contribution in [3.8, 4) is 0 Å². The fourth-order valence-electron chi connectivity index (χ4n) is 2.53. The van der Waals surface area contributed by atoms with Gasteiger partial charge in [0, 0.05) is 32.4 Å². The first kappa shape index (κ1) is 16.1. The third kappa shape index (κ3) is 3.44. The van der Waals surface area contributed by atoms with Crippen LogP contribution in [0.3, 0.4) is 0 Å². The van der Waals surface area contributed by atoms with Gasteiger partial charge in [-0.15, -0.1) is 11.3 Å². The molecule has 8 heteroatoms. The lowest BCUT2D eigenvalue weighted by Crippen LogP contribution is -2.37. The van der Waals surface area contributed by atoms with E-state index in [1.807, 2.05) is 0 Å². The number of aromatic nitrogens is 1. The van der Waals surface area contributed by atoms with Crippen LogP contribution in [0.15, 0.2) is 46.1 Å². The van der Waals surface area contributed by atoms with Crippen molar-refractivity contribution in [2.45, 2.75) is 10.6 Å². The van der Waals surface area contributed by atoms with Crippen molar-refractivity contribution < 1.29 is 13.2 Å². The van der Waals surface area contributed by atoms with Gasteiger partial charge in [0.05, 0.1) is 0 Å². The van der Waals surface area contributed by atoms with Crippen LogP contribution in [-0.2, 0) is 10.0 Å². The van der Waals surface area contributed by atoms with Crippen molar-refractivity contribution >= 4 is 27.3 Å². The molecule has 0 N–H and O–H groups in total. The second-order valence-electron chi connectivity index (χ2n) is 5.20. The van der Waals surface area contributed by atoms with Gasteiger partial charge in [0.1, 0.15) is 9.90 Å². The number of rotatable bonds is 3. The predicted molar refractivity (Wildman–Crippen MR) is 87.8 cm³/mol. The summed E-state index contributed by atoms with van der Waals surface area (Å²) in [5.41, 5.74) is 0.391. The Morgan fingerprint density at radius 2 is 1.96 bits per heavy atom. The summed E-state index contributed by atoms with van der Waals surface area (Å²) < 4.78 is 26.9. The zero-order chi connectivity index (χ0) is 16.3. The zero-order valence-corrected chi connectivity index (χ0v) is 14.1. The molecule has 3 heterocycles. The molecule has 0 saturated carbocycles. The summed E-state index contributed by atoms with van der Waals surface area (Å²) in [5, 5.41) is 1.75. The van der Waals surface area contributed by atoms with Crippen LogP contribution in [0.5, 0.6) is 0 Å². The number of nitrogens with zero attached hydrogens (tertiary/aromatic N) is 3. The van der Waals surface area contributed by atoms with E-state index in [0.717, 1.165) is 0 Å². The van der Waals surface area contributed by atoms with Crippen LogP contribution < -0.4 is 0 Å². The van der Waals surface area contributed by atoms with Gasteiger partial charge in [-0.1, -0.05) is 12.1 Å². The standard InChI is InChI=1S/C15H17N3O3S2/c19-15(13-5-1-2-7-16-13)17-8-4-9-18(11-10-17)23(20,21)14-6-3-12-22-14/h1-3,5-7,12H,4,8-11H2. The number of amides is 1. The molecule has 0 spiro atoms. The number of pyridine rings is 1. The summed E-state index contributed by atoms with van der Waals surface area (Å²) in [7, 11) is -3.46. The summed E-state index contributed by atoms with van der Waals surface area (Å²) in [6.07, 6.45) is 2.20. The van der Waals surface area contributed by atoms with Gasteiger partial charge in [0.15, 0.2) is 0 Å². The first-order valence-corrected chi connectivity index (χ1v) is 9.65. The van der Waals surface area contributed by atoms with Gasteiger partial charge in [-0.05, 0) is 30.0 Å². The molecule has 2 aromatic heterocycles. The van der Waals surface area contributed by atoms with Gasteiger partial charge >= 0.3 is 0 Å². The van der Waals surface area contributed by atoms with E-state index in [1.165, 1.54) is 15.6 Å². The smallest absolute Gasteiger partial charge is 0.272 e. The second-order valence-corrected chi connectivity index (χ2v) is 8.31. The Morgan fingerprint density at radius 3 is 2.65 bits per heavy atom. The van der Waals surface area contributed by atoms with Crippen LogP contribution in [0.4, 0.5) is 0 Å². The van der Waals surface area contributed by atoms with Gasteiger partial charge < -0.3 is 4.90 Å². The molecule has 0 aromatic carbocycles. The first-order valence-electron chi connectivity index (χ1n) is 7.33.